The Labute approximate surface area is 175 Å². The minimum Gasteiger partial charge on any atom is -0.368 e. The Hall–Kier alpha value is -2.01. The third kappa shape index (κ3) is 3.90. The van der Waals surface area contributed by atoms with Gasteiger partial charge in [-0.15, -0.1) is 0 Å². The van der Waals surface area contributed by atoms with Crippen LogP contribution in [0.2, 0.25) is 10.0 Å². The number of amides is 1. The number of carbonyl (C=O) groups excluding carboxylic acids is 1. The van der Waals surface area contributed by atoms with Gasteiger partial charge in [-0.2, -0.15) is 0 Å². The topological polar surface area (TPSA) is 26.8 Å². The molecule has 0 aliphatic carbocycles. The summed E-state index contributed by atoms with van der Waals surface area (Å²) >= 11 is 12.1. The predicted octanol–water partition coefficient (Wildman–Crippen LogP) is 4.57. The molecule has 2 aliphatic rings. The van der Waals surface area contributed by atoms with E-state index < -0.39 is 0 Å². The second-order valence-electron chi connectivity index (χ2n) is 7.32. The first-order valence-corrected chi connectivity index (χ1v) is 10.3. The van der Waals surface area contributed by atoms with Gasteiger partial charge in [-0.05, 0) is 49.4 Å². The van der Waals surface area contributed by atoms with E-state index in [9.17, 15) is 4.79 Å². The fourth-order valence-electron chi connectivity index (χ4n) is 3.78. The predicted molar refractivity (Wildman–Crippen MR) is 118 cm³/mol. The van der Waals surface area contributed by atoms with Crippen LogP contribution in [-0.4, -0.2) is 50.6 Å². The number of likely N-dealkylation sites (N-methyl/N-ethyl adjacent to an activating group) is 1. The Morgan fingerprint density at radius 3 is 2.43 bits per heavy atom. The summed E-state index contributed by atoms with van der Waals surface area (Å²) in [4.78, 5) is 19.5. The van der Waals surface area contributed by atoms with Gasteiger partial charge in [0.05, 0.1) is 10.0 Å². The van der Waals surface area contributed by atoms with E-state index in [2.05, 4.69) is 35.0 Å². The standard InChI is InChI=1S/C22H23Cl2N3O/c1-25-10-12-26(13-11-25)21-5-3-2-4-16(21)14-17-8-9-27(22(17)28)18-6-7-19(23)20(24)15-18/h2-7,14-15H,8-13H2,1H3. The molecule has 0 aromatic heterocycles. The summed E-state index contributed by atoms with van der Waals surface area (Å²) in [6.07, 6.45) is 2.77. The summed E-state index contributed by atoms with van der Waals surface area (Å²) in [6.45, 7) is 4.75. The average Bonchev–Trinajstić information content (AvgIpc) is 3.06. The molecule has 0 saturated carbocycles. The van der Waals surface area contributed by atoms with E-state index in [0.29, 0.717) is 16.6 Å². The number of hydrogen-bond acceptors (Lipinski definition) is 3. The monoisotopic (exact) mass is 415 g/mol. The fourth-order valence-corrected chi connectivity index (χ4v) is 4.07. The fraction of sp³-hybridized carbons (Fsp3) is 0.318. The number of carbonyl (C=O) groups is 1. The Bertz CT molecular complexity index is 920. The van der Waals surface area contributed by atoms with Gasteiger partial charge in [0, 0.05) is 49.7 Å². The van der Waals surface area contributed by atoms with Crippen LogP contribution in [0.3, 0.4) is 0 Å². The van der Waals surface area contributed by atoms with Gasteiger partial charge in [0.25, 0.3) is 5.91 Å². The average molecular weight is 416 g/mol. The van der Waals surface area contributed by atoms with Gasteiger partial charge in [0.1, 0.15) is 0 Å². The summed E-state index contributed by atoms with van der Waals surface area (Å²) in [5, 5.41) is 0.957. The zero-order valence-electron chi connectivity index (χ0n) is 15.9. The molecule has 2 aromatic carbocycles. The van der Waals surface area contributed by atoms with Gasteiger partial charge in [-0.25, -0.2) is 0 Å². The van der Waals surface area contributed by atoms with Crippen LogP contribution in [0.5, 0.6) is 0 Å². The Kier molecular flexibility index (Phi) is 5.63. The second kappa shape index (κ2) is 8.16. The van der Waals surface area contributed by atoms with Gasteiger partial charge >= 0.3 is 0 Å². The molecule has 0 N–H and O–H groups in total. The van der Waals surface area contributed by atoms with Crippen molar-refractivity contribution in [3.8, 4) is 0 Å². The van der Waals surface area contributed by atoms with Gasteiger partial charge in [-0.3, -0.25) is 4.79 Å². The highest BCUT2D eigenvalue weighted by molar-refractivity contribution is 6.42. The third-order valence-electron chi connectivity index (χ3n) is 5.45. The maximum atomic E-state index is 13.0. The molecule has 0 spiro atoms. The van der Waals surface area contributed by atoms with Crippen LogP contribution in [-0.2, 0) is 4.79 Å². The lowest BCUT2D eigenvalue weighted by molar-refractivity contribution is -0.114. The van der Waals surface area contributed by atoms with Crippen molar-refractivity contribution in [1.82, 2.24) is 4.90 Å². The summed E-state index contributed by atoms with van der Waals surface area (Å²) in [6, 6.07) is 13.7. The van der Waals surface area contributed by atoms with Crippen molar-refractivity contribution in [2.75, 3.05) is 49.6 Å². The van der Waals surface area contributed by atoms with Crippen LogP contribution < -0.4 is 9.80 Å². The summed E-state index contributed by atoms with van der Waals surface area (Å²) in [5.74, 6) is 0.0339. The Morgan fingerprint density at radius 1 is 0.929 bits per heavy atom. The lowest BCUT2D eigenvalue weighted by Crippen LogP contribution is -2.44. The van der Waals surface area contributed by atoms with E-state index in [-0.39, 0.29) is 5.91 Å². The highest BCUT2D eigenvalue weighted by Crippen LogP contribution is 2.32. The van der Waals surface area contributed by atoms with Crippen LogP contribution in [0.15, 0.2) is 48.0 Å². The zero-order valence-corrected chi connectivity index (χ0v) is 17.4. The molecular formula is C22H23Cl2N3O. The van der Waals surface area contributed by atoms with E-state index in [0.717, 1.165) is 49.4 Å². The normalized spacial score (nSPS) is 19.7. The molecule has 0 radical (unpaired) electrons. The van der Waals surface area contributed by atoms with Crippen molar-refractivity contribution in [3.63, 3.8) is 0 Å². The molecule has 2 saturated heterocycles. The highest BCUT2D eigenvalue weighted by atomic mass is 35.5. The summed E-state index contributed by atoms with van der Waals surface area (Å²) in [5.41, 5.74) is 3.91. The first kappa shape index (κ1) is 19.3. The lowest BCUT2D eigenvalue weighted by Gasteiger charge is -2.35. The molecule has 2 heterocycles. The minimum atomic E-state index is 0.0339. The van der Waals surface area contributed by atoms with E-state index in [4.69, 9.17) is 23.2 Å². The van der Waals surface area contributed by atoms with Gasteiger partial charge in [0.2, 0.25) is 0 Å². The van der Waals surface area contributed by atoms with Crippen molar-refractivity contribution in [2.24, 2.45) is 0 Å². The van der Waals surface area contributed by atoms with E-state index in [1.807, 2.05) is 18.2 Å². The number of piperazine rings is 1. The lowest BCUT2D eigenvalue weighted by atomic mass is 10.1. The van der Waals surface area contributed by atoms with E-state index in [1.54, 1.807) is 17.0 Å². The number of benzene rings is 2. The molecule has 28 heavy (non-hydrogen) atoms. The van der Waals surface area contributed by atoms with Crippen LogP contribution in [0.1, 0.15) is 12.0 Å². The number of nitrogens with zero attached hydrogens (tertiary/aromatic N) is 3. The third-order valence-corrected chi connectivity index (χ3v) is 6.19. The first-order valence-electron chi connectivity index (χ1n) is 9.53. The molecule has 6 heteroatoms. The van der Waals surface area contributed by atoms with Gasteiger partial charge < -0.3 is 14.7 Å². The smallest absolute Gasteiger partial charge is 0.254 e. The van der Waals surface area contributed by atoms with E-state index >= 15 is 0 Å². The molecular weight excluding hydrogens is 393 g/mol. The Morgan fingerprint density at radius 2 is 1.68 bits per heavy atom. The number of para-hydroxylation sites is 1. The summed E-state index contributed by atoms with van der Waals surface area (Å²) < 4.78 is 0. The van der Waals surface area contributed by atoms with Crippen LogP contribution in [0.25, 0.3) is 6.08 Å². The van der Waals surface area contributed by atoms with Crippen LogP contribution >= 0.6 is 23.2 Å². The van der Waals surface area contributed by atoms with Crippen molar-refractivity contribution in [3.05, 3.63) is 63.6 Å². The molecule has 4 nitrogen and oxygen atoms in total. The quantitative estimate of drug-likeness (QED) is 0.687. The number of anilines is 2. The molecule has 0 bridgehead atoms. The SMILES string of the molecule is CN1CCN(c2ccccc2C=C2CCN(c3ccc(Cl)c(Cl)c3)C2=O)CC1. The van der Waals surface area contributed by atoms with Gasteiger partial charge in [-0.1, -0.05) is 41.4 Å². The summed E-state index contributed by atoms with van der Waals surface area (Å²) in [7, 11) is 2.15. The molecule has 4 rings (SSSR count). The molecule has 146 valence electrons. The molecule has 2 aromatic rings. The maximum Gasteiger partial charge on any atom is 0.254 e. The minimum absolute atomic E-state index is 0.0339. The molecule has 1 amide bonds. The molecule has 0 unspecified atom stereocenters. The largest absolute Gasteiger partial charge is 0.368 e. The maximum absolute atomic E-state index is 13.0. The number of halogens is 2. The van der Waals surface area contributed by atoms with Crippen LogP contribution in [0.4, 0.5) is 11.4 Å². The van der Waals surface area contributed by atoms with Crippen LogP contribution in [0, 0.1) is 0 Å². The van der Waals surface area contributed by atoms with Crippen molar-refractivity contribution in [2.45, 2.75) is 6.42 Å². The number of rotatable bonds is 3. The molecule has 2 fully saturated rings. The molecule has 2 aliphatic heterocycles. The first-order chi connectivity index (χ1) is 13.5. The zero-order chi connectivity index (χ0) is 19.7. The molecule has 0 atom stereocenters. The van der Waals surface area contributed by atoms with Gasteiger partial charge in [0.15, 0.2) is 0 Å². The second-order valence-corrected chi connectivity index (χ2v) is 8.14. The highest BCUT2D eigenvalue weighted by Gasteiger charge is 2.28. The van der Waals surface area contributed by atoms with Crippen molar-refractivity contribution >= 4 is 46.6 Å². The van der Waals surface area contributed by atoms with Crippen molar-refractivity contribution in [1.29, 1.82) is 0 Å². The van der Waals surface area contributed by atoms with E-state index in [1.165, 1.54) is 5.69 Å². The Balaban J connectivity index is 1.58. The van der Waals surface area contributed by atoms with Crippen molar-refractivity contribution < 1.29 is 4.79 Å². The number of hydrogen-bond donors (Lipinski definition) is 0.